The van der Waals surface area contributed by atoms with Gasteiger partial charge in [-0.25, -0.2) is 9.69 Å². The summed E-state index contributed by atoms with van der Waals surface area (Å²) in [5.41, 5.74) is 0. The number of amides is 2. The average Bonchev–Trinajstić information content (AvgIpc) is 2.44. The number of cyclic esters (lactones) is 1. The van der Waals surface area contributed by atoms with Crippen molar-refractivity contribution in [3.05, 3.63) is 12.2 Å². The summed E-state index contributed by atoms with van der Waals surface area (Å²) in [6.07, 6.45) is 3.29. The van der Waals surface area contributed by atoms with E-state index in [4.69, 9.17) is 4.74 Å². The Morgan fingerprint density at radius 2 is 2.25 bits per heavy atom. The van der Waals surface area contributed by atoms with Gasteiger partial charge in [0.15, 0.2) is 0 Å². The summed E-state index contributed by atoms with van der Waals surface area (Å²) in [4.78, 5) is 23.4. The molecule has 0 N–H and O–H groups in total. The maximum atomic E-state index is 11.4. The molecule has 90 valence electrons. The lowest BCUT2D eigenvalue weighted by molar-refractivity contribution is -0.126. The van der Waals surface area contributed by atoms with Crippen LogP contribution >= 0.6 is 7.14 Å². The van der Waals surface area contributed by atoms with Crippen molar-refractivity contribution in [2.75, 3.05) is 26.1 Å². The van der Waals surface area contributed by atoms with E-state index in [0.717, 1.165) is 4.90 Å². The standard InChI is InChI=1S/C10H16NO4P/c1-8(12)11-9(7-15-10(11)13)5-4-6-16(2,3)14/h4-5,9H,6-7H2,1-3H3/b5-4+. The van der Waals surface area contributed by atoms with E-state index < -0.39 is 13.2 Å². The van der Waals surface area contributed by atoms with E-state index in [2.05, 4.69) is 0 Å². The lowest BCUT2D eigenvalue weighted by atomic mass is 10.2. The van der Waals surface area contributed by atoms with Crippen LogP contribution in [-0.2, 0) is 14.1 Å². The van der Waals surface area contributed by atoms with Gasteiger partial charge in [-0.05, 0) is 13.3 Å². The zero-order chi connectivity index (χ0) is 12.3. The Labute approximate surface area is 94.8 Å². The molecule has 0 bridgehead atoms. The van der Waals surface area contributed by atoms with E-state index >= 15 is 0 Å². The van der Waals surface area contributed by atoms with E-state index in [1.807, 2.05) is 0 Å². The number of hydrogen-bond acceptors (Lipinski definition) is 4. The number of carbonyl (C=O) groups is 2. The van der Waals surface area contributed by atoms with Gasteiger partial charge in [0.25, 0.3) is 0 Å². The number of allylic oxidation sites excluding steroid dienone is 1. The highest BCUT2D eigenvalue weighted by Gasteiger charge is 2.34. The molecule has 1 fully saturated rings. The molecule has 5 nitrogen and oxygen atoms in total. The molecule has 1 heterocycles. The summed E-state index contributed by atoms with van der Waals surface area (Å²) in [6, 6.07) is -0.364. The smallest absolute Gasteiger partial charge is 0.417 e. The Hall–Kier alpha value is -1.09. The third-order valence-electron chi connectivity index (χ3n) is 2.15. The normalized spacial score (nSPS) is 21.6. The quantitative estimate of drug-likeness (QED) is 0.558. The topological polar surface area (TPSA) is 63.7 Å². The highest BCUT2D eigenvalue weighted by molar-refractivity contribution is 7.62. The van der Waals surface area contributed by atoms with Crippen molar-refractivity contribution in [2.45, 2.75) is 13.0 Å². The van der Waals surface area contributed by atoms with Crippen molar-refractivity contribution in [3.8, 4) is 0 Å². The Morgan fingerprint density at radius 1 is 1.62 bits per heavy atom. The zero-order valence-electron chi connectivity index (χ0n) is 9.67. The van der Waals surface area contributed by atoms with Crippen molar-refractivity contribution in [3.63, 3.8) is 0 Å². The van der Waals surface area contributed by atoms with Gasteiger partial charge in [0.1, 0.15) is 6.61 Å². The minimum atomic E-state index is -2.10. The van der Waals surface area contributed by atoms with Gasteiger partial charge in [0.2, 0.25) is 5.91 Å². The minimum Gasteiger partial charge on any atom is -0.447 e. The predicted octanol–water partition coefficient (Wildman–Crippen LogP) is 1.53. The van der Waals surface area contributed by atoms with Gasteiger partial charge in [-0.1, -0.05) is 12.2 Å². The maximum absolute atomic E-state index is 11.4. The Kier molecular flexibility index (Phi) is 3.92. The second kappa shape index (κ2) is 4.83. The van der Waals surface area contributed by atoms with Gasteiger partial charge in [0, 0.05) is 13.1 Å². The van der Waals surface area contributed by atoms with Crippen LogP contribution in [0.3, 0.4) is 0 Å². The number of ether oxygens (including phenoxy) is 1. The SMILES string of the molecule is CC(=O)N1C(=O)OCC1/C=C/CP(C)(C)=O. The number of nitrogens with zero attached hydrogens (tertiary/aromatic N) is 1. The first kappa shape index (κ1) is 13.0. The molecule has 0 aliphatic carbocycles. The van der Waals surface area contributed by atoms with Gasteiger partial charge >= 0.3 is 6.09 Å². The average molecular weight is 245 g/mol. The van der Waals surface area contributed by atoms with Gasteiger partial charge in [-0.15, -0.1) is 0 Å². The fourth-order valence-electron chi connectivity index (χ4n) is 1.41. The predicted molar refractivity (Wildman–Crippen MR) is 61.1 cm³/mol. The third-order valence-corrected chi connectivity index (χ3v) is 3.24. The maximum Gasteiger partial charge on any atom is 0.417 e. The second-order valence-corrected chi connectivity index (χ2v) is 7.73. The molecule has 0 spiro atoms. The molecule has 0 aromatic heterocycles. The van der Waals surface area contributed by atoms with Crippen molar-refractivity contribution in [1.82, 2.24) is 4.90 Å². The molecule has 0 aromatic carbocycles. The Bertz CT molecular complexity index is 371. The lowest BCUT2D eigenvalue weighted by Gasteiger charge is -2.14. The molecule has 1 aliphatic rings. The largest absolute Gasteiger partial charge is 0.447 e. The van der Waals surface area contributed by atoms with Crippen LogP contribution in [-0.4, -0.2) is 49.0 Å². The summed E-state index contributed by atoms with van der Waals surface area (Å²) in [7, 11) is -2.10. The van der Waals surface area contributed by atoms with E-state index in [9.17, 15) is 14.2 Å². The van der Waals surface area contributed by atoms with Crippen LogP contribution in [0.2, 0.25) is 0 Å². The third kappa shape index (κ3) is 3.49. The first-order valence-corrected chi connectivity index (χ1v) is 7.77. The number of imide groups is 1. The van der Waals surface area contributed by atoms with Crippen LogP contribution in [0.4, 0.5) is 4.79 Å². The Balaban J connectivity index is 2.64. The van der Waals surface area contributed by atoms with E-state index in [1.54, 1.807) is 25.5 Å². The summed E-state index contributed by atoms with van der Waals surface area (Å²) in [5.74, 6) is -0.340. The zero-order valence-corrected chi connectivity index (χ0v) is 10.6. The summed E-state index contributed by atoms with van der Waals surface area (Å²) in [6.45, 7) is 4.87. The van der Waals surface area contributed by atoms with Crippen molar-refractivity contribution in [2.24, 2.45) is 0 Å². The number of rotatable bonds is 3. The van der Waals surface area contributed by atoms with Gasteiger partial charge < -0.3 is 9.30 Å². The van der Waals surface area contributed by atoms with E-state index in [0.29, 0.717) is 6.16 Å². The van der Waals surface area contributed by atoms with Crippen molar-refractivity contribution in [1.29, 1.82) is 0 Å². The molecule has 1 unspecified atom stereocenters. The Morgan fingerprint density at radius 3 is 2.75 bits per heavy atom. The highest BCUT2D eigenvalue weighted by Crippen LogP contribution is 2.35. The molecule has 0 aromatic rings. The molecule has 16 heavy (non-hydrogen) atoms. The first-order valence-electron chi connectivity index (χ1n) is 4.98. The fourth-order valence-corrected chi connectivity index (χ4v) is 2.04. The van der Waals surface area contributed by atoms with Crippen LogP contribution in [0.5, 0.6) is 0 Å². The molecular formula is C10H16NO4P. The number of hydrogen-bond donors (Lipinski definition) is 0. The molecule has 2 amide bonds. The van der Waals surface area contributed by atoms with Crippen LogP contribution in [0, 0.1) is 0 Å². The van der Waals surface area contributed by atoms with Crippen molar-refractivity contribution >= 4 is 19.1 Å². The van der Waals surface area contributed by atoms with Crippen LogP contribution in [0.15, 0.2) is 12.2 Å². The lowest BCUT2D eigenvalue weighted by Crippen LogP contribution is -2.36. The van der Waals surface area contributed by atoms with Gasteiger partial charge in [0.05, 0.1) is 13.2 Å². The summed E-state index contributed by atoms with van der Waals surface area (Å²) < 4.78 is 16.2. The molecule has 0 radical (unpaired) electrons. The molecule has 6 heteroatoms. The monoisotopic (exact) mass is 245 g/mol. The van der Waals surface area contributed by atoms with Gasteiger partial charge in [-0.3, -0.25) is 4.79 Å². The number of carbonyl (C=O) groups excluding carboxylic acids is 2. The van der Waals surface area contributed by atoms with Gasteiger partial charge in [-0.2, -0.15) is 0 Å². The molecule has 1 aliphatic heterocycles. The second-order valence-electron chi connectivity index (χ2n) is 4.22. The molecule has 1 atom stereocenters. The summed E-state index contributed by atoms with van der Waals surface area (Å²) in [5, 5.41) is 0. The highest BCUT2D eigenvalue weighted by atomic mass is 31.2. The summed E-state index contributed by atoms with van der Waals surface area (Å²) >= 11 is 0. The van der Waals surface area contributed by atoms with Crippen molar-refractivity contribution < 1.29 is 18.9 Å². The van der Waals surface area contributed by atoms with E-state index in [1.165, 1.54) is 6.92 Å². The molecule has 1 saturated heterocycles. The minimum absolute atomic E-state index is 0.173. The van der Waals surface area contributed by atoms with Crippen LogP contribution in [0.25, 0.3) is 0 Å². The molecular weight excluding hydrogens is 229 g/mol. The van der Waals surface area contributed by atoms with E-state index in [-0.39, 0.29) is 18.6 Å². The molecule has 1 rings (SSSR count). The first-order chi connectivity index (χ1) is 7.31. The fraction of sp³-hybridized carbons (Fsp3) is 0.600. The van der Waals surface area contributed by atoms with Crippen LogP contribution < -0.4 is 0 Å². The molecule has 0 saturated carbocycles. The van der Waals surface area contributed by atoms with Crippen LogP contribution in [0.1, 0.15) is 6.92 Å².